The summed E-state index contributed by atoms with van der Waals surface area (Å²) in [7, 11) is 0. The van der Waals surface area contributed by atoms with Crippen LogP contribution in [-0.4, -0.2) is 46.8 Å². The Balaban J connectivity index is 1.38. The summed E-state index contributed by atoms with van der Waals surface area (Å²) in [5.74, 6) is 0.340. The van der Waals surface area contributed by atoms with E-state index in [9.17, 15) is 9.18 Å². The van der Waals surface area contributed by atoms with Crippen LogP contribution < -0.4 is 0 Å². The molecule has 1 atom stereocenters. The van der Waals surface area contributed by atoms with Crippen LogP contribution in [0.5, 0.6) is 0 Å². The van der Waals surface area contributed by atoms with Gasteiger partial charge in [0, 0.05) is 26.1 Å². The molecule has 0 N–H and O–H groups in total. The van der Waals surface area contributed by atoms with E-state index in [4.69, 9.17) is 9.15 Å². The fraction of sp³-hybridized carbons (Fsp3) is 0.500. The van der Waals surface area contributed by atoms with Crippen LogP contribution in [0, 0.1) is 5.82 Å². The maximum Gasteiger partial charge on any atom is 0.250 e. The van der Waals surface area contributed by atoms with E-state index in [1.54, 1.807) is 23.1 Å². The van der Waals surface area contributed by atoms with Gasteiger partial charge in [-0.15, -0.1) is 10.2 Å². The van der Waals surface area contributed by atoms with Crippen molar-refractivity contribution < 1.29 is 18.3 Å². The lowest BCUT2D eigenvalue weighted by atomic mass is 9.81. The third-order valence-electron chi connectivity index (χ3n) is 4.95. The number of amides is 1. The fourth-order valence-electron chi connectivity index (χ4n) is 3.27. The van der Waals surface area contributed by atoms with E-state index in [2.05, 4.69) is 10.2 Å². The number of nitrogens with zero attached hydrogens (tertiary/aromatic N) is 3. The van der Waals surface area contributed by atoms with E-state index in [0.717, 1.165) is 19.4 Å². The molecule has 0 radical (unpaired) electrons. The molecule has 2 saturated heterocycles. The van der Waals surface area contributed by atoms with Crippen LogP contribution in [0.25, 0.3) is 11.5 Å². The van der Waals surface area contributed by atoms with Crippen LogP contribution in [0.1, 0.15) is 32.1 Å². The fourth-order valence-corrected chi connectivity index (χ4v) is 3.27. The Kier molecular flexibility index (Phi) is 4.03. The second kappa shape index (κ2) is 6.22. The van der Waals surface area contributed by atoms with Crippen LogP contribution in [0.2, 0.25) is 0 Å². The van der Waals surface area contributed by atoms with Crippen LogP contribution >= 0.6 is 0 Å². The van der Waals surface area contributed by atoms with Gasteiger partial charge >= 0.3 is 0 Å². The van der Waals surface area contributed by atoms with E-state index in [-0.39, 0.29) is 28.9 Å². The molecule has 25 heavy (non-hydrogen) atoms. The SMILES string of the molecule is CC1(c2nnc(-c3ccccc3F)o2)CN(C(=O)CCC2CCO2)C1. The summed E-state index contributed by atoms with van der Waals surface area (Å²) in [6.45, 7) is 3.86. The highest BCUT2D eigenvalue weighted by molar-refractivity contribution is 5.77. The number of carbonyl (C=O) groups is 1. The molecule has 2 aliphatic rings. The Labute approximate surface area is 145 Å². The van der Waals surface area contributed by atoms with Crippen LogP contribution in [0.15, 0.2) is 28.7 Å². The summed E-state index contributed by atoms with van der Waals surface area (Å²) >= 11 is 0. The number of halogens is 1. The normalized spacial score (nSPS) is 21.5. The van der Waals surface area contributed by atoms with Crippen molar-refractivity contribution in [1.29, 1.82) is 0 Å². The summed E-state index contributed by atoms with van der Waals surface area (Å²) in [5.41, 5.74) is -0.0864. The van der Waals surface area contributed by atoms with Gasteiger partial charge in [0.05, 0.1) is 17.1 Å². The average Bonchev–Trinajstić information content (AvgIpc) is 3.00. The van der Waals surface area contributed by atoms with Gasteiger partial charge < -0.3 is 14.1 Å². The van der Waals surface area contributed by atoms with Crippen molar-refractivity contribution in [3.63, 3.8) is 0 Å². The van der Waals surface area contributed by atoms with Gasteiger partial charge in [-0.2, -0.15) is 0 Å². The number of hydrogen-bond donors (Lipinski definition) is 0. The molecule has 2 aliphatic heterocycles. The summed E-state index contributed by atoms with van der Waals surface area (Å²) in [4.78, 5) is 14.0. The lowest BCUT2D eigenvalue weighted by Gasteiger charge is -2.45. The van der Waals surface area contributed by atoms with Gasteiger partial charge in [0.1, 0.15) is 5.82 Å². The molecule has 1 amide bonds. The Morgan fingerprint density at radius 2 is 2.12 bits per heavy atom. The molecule has 6 nitrogen and oxygen atoms in total. The highest BCUT2D eigenvalue weighted by Gasteiger charge is 2.46. The van der Waals surface area contributed by atoms with Crippen molar-refractivity contribution in [3.05, 3.63) is 36.0 Å². The molecule has 0 spiro atoms. The topological polar surface area (TPSA) is 68.5 Å². The number of aromatic nitrogens is 2. The maximum atomic E-state index is 13.8. The Hall–Kier alpha value is -2.28. The van der Waals surface area contributed by atoms with Crippen molar-refractivity contribution in [2.75, 3.05) is 19.7 Å². The molecule has 2 fully saturated rings. The zero-order valence-electron chi connectivity index (χ0n) is 14.1. The highest BCUT2D eigenvalue weighted by Crippen LogP contribution is 2.35. The first kappa shape index (κ1) is 16.2. The second-order valence-electron chi connectivity index (χ2n) is 7.02. The first-order valence-electron chi connectivity index (χ1n) is 8.53. The van der Waals surface area contributed by atoms with Crippen molar-refractivity contribution in [3.8, 4) is 11.5 Å². The number of hydrogen-bond acceptors (Lipinski definition) is 5. The lowest BCUT2D eigenvalue weighted by Crippen LogP contribution is -2.59. The molecule has 1 unspecified atom stereocenters. The highest BCUT2D eigenvalue weighted by atomic mass is 19.1. The van der Waals surface area contributed by atoms with Gasteiger partial charge in [-0.3, -0.25) is 4.79 Å². The zero-order valence-corrected chi connectivity index (χ0v) is 14.1. The predicted molar refractivity (Wildman–Crippen MR) is 87.2 cm³/mol. The Morgan fingerprint density at radius 1 is 1.36 bits per heavy atom. The van der Waals surface area contributed by atoms with Gasteiger partial charge in [-0.25, -0.2) is 4.39 Å². The largest absolute Gasteiger partial charge is 0.420 e. The molecule has 1 aromatic carbocycles. The van der Waals surface area contributed by atoms with Crippen molar-refractivity contribution in [1.82, 2.24) is 15.1 Å². The number of rotatable bonds is 5. The first-order chi connectivity index (χ1) is 12.0. The zero-order chi connectivity index (χ0) is 17.4. The van der Waals surface area contributed by atoms with Gasteiger partial charge in [-0.05, 0) is 31.9 Å². The number of ether oxygens (including phenoxy) is 1. The first-order valence-corrected chi connectivity index (χ1v) is 8.53. The van der Waals surface area contributed by atoms with Gasteiger partial charge in [0.2, 0.25) is 11.8 Å². The van der Waals surface area contributed by atoms with E-state index in [1.165, 1.54) is 6.07 Å². The Morgan fingerprint density at radius 3 is 2.80 bits per heavy atom. The summed E-state index contributed by atoms with van der Waals surface area (Å²) in [5, 5.41) is 8.04. The molecule has 2 aromatic rings. The summed E-state index contributed by atoms with van der Waals surface area (Å²) in [6.07, 6.45) is 2.58. The molecule has 4 rings (SSSR count). The van der Waals surface area contributed by atoms with Crippen molar-refractivity contribution in [2.45, 2.75) is 37.7 Å². The van der Waals surface area contributed by atoms with Crippen molar-refractivity contribution >= 4 is 5.91 Å². The van der Waals surface area contributed by atoms with E-state index in [1.807, 2.05) is 6.92 Å². The average molecular weight is 345 g/mol. The van der Waals surface area contributed by atoms with E-state index >= 15 is 0 Å². The van der Waals surface area contributed by atoms with Crippen LogP contribution in [-0.2, 0) is 14.9 Å². The summed E-state index contributed by atoms with van der Waals surface area (Å²) < 4.78 is 24.9. The van der Waals surface area contributed by atoms with Gasteiger partial charge in [-0.1, -0.05) is 12.1 Å². The monoisotopic (exact) mass is 345 g/mol. The third kappa shape index (κ3) is 3.04. The minimum Gasteiger partial charge on any atom is -0.420 e. The minimum atomic E-state index is -0.397. The van der Waals surface area contributed by atoms with Gasteiger partial charge in [0.15, 0.2) is 0 Å². The molecule has 0 bridgehead atoms. The molecule has 3 heterocycles. The molecule has 132 valence electrons. The van der Waals surface area contributed by atoms with E-state index < -0.39 is 5.82 Å². The molecule has 0 saturated carbocycles. The third-order valence-corrected chi connectivity index (χ3v) is 4.95. The molecule has 7 heteroatoms. The van der Waals surface area contributed by atoms with Crippen LogP contribution in [0.4, 0.5) is 4.39 Å². The predicted octanol–water partition coefficient (Wildman–Crippen LogP) is 2.54. The number of benzene rings is 1. The molecule has 1 aromatic heterocycles. The number of likely N-dealkylation sites (tertiary alicyclic amines) is 1. The van der Waals surface area contributed by atoms with Gasteiger partial charge in [0.25, 0.3) is 5.89 Å². The maximum absolute atomic E-state index is 13.8. The molecular weight excluding hydrogens is 325 g/mol. The number of carbonyl (C=O) groups excluding carboxylic acids is 1. The quantitative estimate of drug-likeness (QED) is 0.833. The summed E-state index contributed by atoms with van der Waals surface area (Å²) in [6, 6.07) is 6.30. The smallest absolute Gasteiger partial charge is 0.250 e. The lowest BCUT2D eigenvalue weighted by molar-refractivity contribution is -0.141. The minimum absolute atomic E-state index is 0.127. The van der Waals surface area contributed by atoms with Crippen LogP contribution in [0.3, 0.4) is 0 Å². The van der Waals surface area contributed by atoms with E-state index in [0.29, 0.717) is 25.4 Å². The molecular formula is C18H20FN3O3. The standard InChI is InChI=1S/C18H20FN3O3/c1-18(10-22(11-18)15(23)7-6-12-8-9-24-12)17-21-20-16(25-17)13-4-2-3-5-14(13)19/h2-5,12H,6-11H2,1H3. The second-order valence-corrected chi connectivity index (χ2v) is 7.02. The van der Waals surface area contributed by atoms with Crippen molar-refractivity contribution in [2.24, 2.45) is 0 Å². The molecule has 0 aliphatic carbocycles. The Bertz CT molecular complexity index is 781.